The van der Waals surface area contributed by atoms with Crippen molar-refractivity contribution in [2.45, 2.75) is 6.54 Å². The molecule has 2 aromatic rings. The molecule has 1 heterocycles. The predicted molar refractivity (Wildman–Crippen MR) is 91.3 cm³/mol. The van der Waals surface area contributed by atoms with Gasteiger partial charge >= 0.3 is 0 Å². The minimum atomic E-state index is -0.428. The van der Waals surface area contributed by atoms with Crippen LogP contribution in [0.25, 0.3) is 0 Å². The third-order valence-corrected chi connectivity index (χ3v) is 4.16. The second-order valence-corrected chi connectivity index (χ2v) is 5.92. The van der Waals surface area contributed by atoms with Gasteiger partial charge in [-0.05, 0) is 36.0 Å². The molecule has 0 spiro atoms. The predicted octanol–water partition coefficient (Wildman–Crippen LogP) is 3.59. The smallest absolute Gasteiger partial charge is 0.175 e. The first-order chi connectivity index (χ1) is 10.6. The van der Waals surface area contributed by atoms with Gasteiger partial charge in [0.15, 0.2) is 5.11 Å². The molecule has 1 aliphatic heterocycles. The average molecular weight is 336 g/mol. The van der Waals surface area contributed by atoms with E-state index in [0.717, 1.165) is 12.2 Å². The van der Waals surface area contributed by atoms with Crippen LogP contribution in [-0.2, 0) is 6.54 Å². The minimum Gasteiger partial charge on any atom is -0.349 e. The average Bonchev–Trinajstić information content (AvgIpc) is 2.53. The van der Waals surface area contributed by atoms with Crippen LogP contribution in [0.4, 0.5) is 10.1 Å². The van der Waals surface area contributed by atoms with Gasteiger partial charge in [0.1, 0.15) is 5.82 Å². The minimum absolute atomic E-state index is 0.0977. The number of hydrogen-bond acceptors (Lipinski definition) is 2. The van der Waals surface area contributed by atoms with Gasteiger partial charge in [0, 0.05) is 12.2 Å². The van der Waals surface area contributed by atoms with Gasteiger partial charge in [0.25, 0.3) is 0 Å². The van der Waals surface area contributed by atoms with Gasteiger partial charge in [-0.25, -0.2) is 4.39 Å². The van der Waals surface area contributed by atoms with Crippen molar-refractivity contribution < 1.29 is 4.39 Å². The Kier molecular flexibility index (Phi) is 4.57. The summed E-state index contributed by atoms with van der Waals surface area (Å²) in [5.41, 5.74) is 2.01. The lowest BCUT2D eigenvalue weighted by Crippen LogP contribution is -2.55. The van der Waals surface area contributed by atoms with Gasteiger partial charge in [-0.3, -0.25) is 4.90 Å². The van der Waals surface area contributed by atoms with Crippen molar-refractivity contribution in [3.05, 3.63) is 64.9 Å². The lowest BCUT2D eigenvalue weighted by Gasteiger charge is -2.38. The molecular weight excluding hydrogens is 321 g/mol. The molecule has 3 nitrogen and oxygen atoms in total. The molecule has 1 aliphatic rings. The number of anilines is 1. The molecule has 1 saturated heterocycles. The van der Waals surface area contributed by atoms with Gasteiger partial charge in [-0.2, -0.15) is 0 Å². The number of hydrogen-bond donors (Lipinski definition) is 1. The van der Waals surface area contributed by atoms with E-state index in [0.29, 0.717) is 18.4 Å². The molecule has 0 radical (unpaired) electrons. The molecule has 3 rings (SSSR count). The van der Waals surface area contributed by atoms with Gasteiger partial charge in [-0.15, -0.1) is 0 Å². The van der Waals surface area contributed by atoms with Crippen LogP contribution < -0.4 is 10.2 Å². The topological polar surface area (TPSA) is 18.5 Å². The number of benzene rings is 2. The van der Waals surface area contributed by atoms with Crippen molar-refractivity contribution in [2.24, 2.45) is 0 Å². The molecule has 0 aliphatic carbocycles. The van der Waals surface area contributed by atoms with Crippen LogP contribution >= 0.6 is 23.8 Å². The summed E-state index contributed by atoms with van der Waals surface area (Å²) < 4.78 is 13.3. The maximum atomic E-state index is 13.3. The molecule has 0 atom stereocenters. The Morgan fingerprint density at radius 2 is 1.95 bits per heavy atom. The molecule has 6 heteroatoms. The maximum absolute atomic E-state index is 13.3. The number of thiocarbonyl (C=S) groups is 1. The standard InChI is InChI=1S/C16H15ClFN3S/c17-14-8-13(6-7-15(14)18)21-11-20(10-19-16(21)22)9-12-4-2-1-3-5-12/h1-8H,9-11H2,(H,19,22). The second kappa shape index (κ2) is 6.60. The van der Waals surface area contributed by atoms with E-state index in [4.69, 9.17) is 23.8 Å². The van der Waals surface area contributed by atoms with Crippen LogP contribution in [0.2, 0.25) is 5.02 Å². The van der Waals surface area contributed by atoms with Gasteiger partial charge in [0.2, 0.25) is 0 Å². The zero-order chi connectivity index (χ0) is 15.5. The third kappa shape index (κ3) is 3.38. The van der Waals surface area contributed by atoms with Crippen LogP contribution in [0.3, 0.4) is 0 Å². The number of halogens is 2. The summed E-state index contributed by atoms with van der Waals surface area (Å²) in [7, 11) is 0. The molecule has 2 aromatic carbocycles. The summed E-state index contributed by atoms with van der Waals surface area (Å²) >= 11 is 11.2. The normalized spacial score (nSPS) is 15.7. The number of rotatable bonds is 3. The first kappa shape index (κ1) is 15.2. The van der Waals surface area contributed by atoms with Crippen molar-refractivity contribution in [2.75, 3.05) is 18.2 Å². The van der Waals surface area contributed by atoms with E-state index in [2.05, 4.69) is 22.3 Å². The van der Waals surface area contributed by atoms with Crippen LogP contribution in [0.5, 0.6) is 0 Å². The highest BCUT2D eigenvalue weighted by Crippen LogP contribution is 2.24. The summed E-state index contributed by atoms with van der Waals surface area (Å²) in [6.45, 7) is 2.11. The largest absolute Gasteiger partial charge is 0.349 e. The fourth-order valence-electron chi connectivity index (χ4n) is 2.39. The van der Waals surface area contributed by atoms with E-state index in [1.165, 1.54) is 11.6 Å². The Labute approximate surface area is 139 Å². The van der Waals surface area contributed by atoms with Crippen molar-refractivity contribution in [1.82, 2.24) is 10.2 Å². The van der Waals surface area contributed by atoms with Crippen LogP contribution in [-0.4, -0.2) is 23.3 Å². The Hall–Kier alpha value is -1.69. The lowest BCUT2D eigenvalue weighted by molar-refractivity contribution is 0.253. The van der Waals surface area contributed by atoms with Crippen LogP contribution in [0.1, 0.15) is 5.56 Å². The number of nitrogens with zero attached hydrogens (tertiary/aromatic N) is 2. The van der Waals surface area contributed by atoms with Gasteiger partial charge < -0.3 is 10.2 Å². The second-order valence-electron chi connectivity index (χ2n) is 5.12. The fraction of sp³-hybridized carbons (Fsp3) is 0.188. The van der Waals surface area contributed by atoms with E-state index < -0.39 is 5.82 Å². The molecule has 0 aromatic heterocycles. The summed E-state index contributed by atoms with van der Waals surface area (Å²) in [4.78, 5) is 4.12. The Morgan fingerprint density at radius 1 is 1.18 bits per heavy atom. The highest BCUT2D eigenvalue weighted by atomic mass is 35.5. The van der Waals surface area contributed by atoms with E-state index >= 15 is 0 Å². The van der Waals surface area contributed by atoms with Crippen molar-refractivity contribution in [3.8, 4) is 0 Å². The molecule has 1 fully saturated rings. The van der Waals surface area contributed by atoms with E-state index in [-0.39, 0.29) is 5.02 Å². The first-order valence-electron chi connectivity index (χ1n) is 6.90. The lowest BCUT2D eigenvalue weighted by atomic mass is 10.2. The van der Waals surface area contributed by atoms with Crippen LogP contribution in [0.15, 0.2) is 48.5 Å². The van der Waals surface area contributed by atoms with Crippen LogP contribution in [0, 0.1) is 5.82 Å². The molecule has 0 bridgehead atoms. The summed E-state index contributed by atoms with van der Waals surface area (Å²) in [5.74, 6) is -0.428. The monoisotopic (exact) mass is 335 g/mol. The van der Waals surface area contributed by atoms with Gasteiger partial charge in [-0.1, -0.05) is 41.9 Å². The molecule has 22 heavy (non-hydrogen) atoms. The molecule has 0 amide bonds. The molecule has 0 unspecified atom stereocenters. The third-order valence-electron chi connectivity index (χ3n) is 3.50. The van der Waals surface area contributed by atoms with E-state index in [1.54, 1.807) is 12.1 Å². The van der Waals surface area contributed by atoms with Gasteiger partial charge in [0.05, 0.1) is 18.4 Å². The molecule has 0 saturated carbocycles. The Balaban J connectivity index is 1.76. The van der Waals surface area contributed by atoms with Crippen molar-refractivity contribution in [1.29, 1.82) is 0 Å². The highest BCUT2D eigenvalue weighted by Gasteiger charge is 2.22. The summed E-state index contributed by atoms with van der Waals surface area (Å²) in [5, 5.41) is 3.90. The van der Waals surface area contributed by atoms with Crippen molar-refractivity contribution in [3.63, 3.8) is 0 Å². The summed E-state index contributed by atoms with van der Waals surface area (Å²) in [6, 6.07) is 14.9. The fourth-order valence-corrected chi connectivity index (χ4v) is 2.79. The maximum Gasteiger partial charge on any atom is 0.175 e. The van der Waals surface area contributed by atoms with Crippen molar-refractivity contribution >= 4 is 34.6 Å². The molecular formula is C16H15ClFN3S. The molecule has 1 N–H and O–H groups in total. The Bertz CT molecular complexity index is 680. The zero-order valence-electron chi connectivity index (χ0n) is 11.8. The first-order valence-corrected chi connectivity index (χ1v) is 7.69. The zero-order valence-corrected chi connectivity index (χ0v) is 13.4. The SMILES string of the molecule is Fc1ccc(N2CN(Cc3ccccc3)CNC2=S)cc1Cl. The van der Waals surface area contributed by atoms with E-state index in [1.807, 2.05) is 23.1 Å². The number of nitrogens with one attached hydrogen (secondary N) is 1. The molecule has 114 valence electrons. The summed E-state index contributed by atoms with van der Waals surface area (Å²) in [6.07, 6.45) is 0. The quantitative estimate of drug-likeness (QED) is 0.864. The highest BCUT2D eigenvalue weighted by molar-refractivity contribution is 7.80. The Morgan fingerprint density at radius 3 is 2.68 bits per heavy atom. The van der Waals surface area contributed by atoms with E-state index in [9.17, 15) is 4.39 Å².